The van der Waals surface area contributed by atoms with Crippen molar-refractivity contribution in [2.45, 2.75) is 64.7 Å². The van der Waals surface area contributed by atoms with Crippen molar-refractivity contribution in [1.29, 1.82) is 0 Å². The first kappa shape index (κ1) is 20.1. The summed E-state index contributed by atoms with van der Waals surface area (Å²) in [5.74, 6) is 0.469. The van der Waals surface area contributed by atoms with Gasteiger partial charge in [-0.15, -0.1) is 0 Å². The summed E-state index contributed by atoms with van der Waals surface area (Å²) in [5.41, 5.74) is -0.480. The van der Waals surface area contributed by atoms with Crippen LogP contribution < -0.4 is 5.32 Å². The molecule has 0 unspecified atom stereocenters. The van der Waals surface area contributed by atoms with Crippen LogP contribution in [0.5, 0.6) is 0 Å². The van der Waals surface area contributed by atoms with Gasteiger partial charge in [0.1, 0.15) is 5.60 Å². The molecule has 0 atom stereocenters. The number of piperidine rings is 1. The summed E-state index contributed by atoms with van der Waals surface area (Å²) >= 11 is 0. The van der Waals surface area contributed by atoms with Gasteiger partial charge in [0.05, 0.1) is 0 Å². The van der Waals surface area contributed by atoms with Crippen LogP contribution in [0.1, 0.15) is 52.9 Å². The highest BCUT2D eigenvalue weighted by molar-refractivity contribution is 5.68. The maximum atomic E-state index is 12.0. The molecule has 0 bridgehead atoms. The van der Waals surface area contributed by atoms with Crippen LogP contribution in [0.15, 0.2) is 0 Å². The van der Waals surface area contributed by atoms with E-state index >= 15 is 0 Å². The number of likely N-dealkylation sites (tertiary alicyclic amines) is 1. The van der Waals surface area contributed by atoms with Crippen molar-refractivity contribution in [3.8, 4) is 0 Å². The Labute approximate surface area is 136 Å². The van der Waals surface area contributed by atoms with Crippen molar-refractivity contribution >= 4 is 6.09 Å². The summed E-state index contributed by atoms with van der Waals surface area (Å²) in [6, 6.07) is 0. The van der Waals surface area contributed by atoms with Gasteiger partial charge < -0.3 is 15.0 Å². The van der Waals surface area contributed by atoms with Crippen LogP contribution in [0.25, 0.3) is 0 Å². The predicted molar refractivity (Wildman–Crippen MR) is 83.3 cm³/mol. The number of carbonyl (C=O) groups excluding carboxylic acids is 1. The molecule has 1 rings (SSSR count). The molecule has 0 aromatic heterocycles. The molecule has 1 N–H and O–H groups in total. The minimum Gasteiger partial charge on any atom is -0.444 e. The molecule has 0 aromatic carbocycles. The molecular formula is C16H29F3N2O2. The molecule has 1 saturated heterocycles. The zero-order valence-corrected chi connectivity index (χ0v) is 14.3. The molecule has 0 saturated carbocycles. The molecule has 0 aliphatic carbocycles. The quantitative estimate of drug-likeness (QED) is 0.746. The van der Waals surface area contributed by atoms with Crippen LogP contribution in [0.4, 0.5) is 18.0 Å². The summed E-state index contributed by atoms with van der Waals surface area (Å²) in [4.78, 5) is 13.7. The summed E-state index contributed by atoms with van der Waals surface area (Å²) in [7, 11) is 0. The SMILES string of the molecule is CC(C)(C)OC(=O)N1CCC(CNCCCCC(F)(F)F)CC1. The lowest BCUT2D eigenvalue weighted by atomic mass is 9.97. The Hall–Kier alpha value is -0.980. The van der Waals surface area contributed by atoms with E-state index in [-0.39, 0.29) is 12.5 Å². The van der Waals surface area contributed by atoms with Gasteiger partial charge in [-0.05, 0) is 65.5 Å². The standard InChI is InChI=1S/C16H29F3N2O2/c1-15(2,3)23-14(22)21-10-6-13(7-11-21)12-20-9-5-4-8-16(17,18)19/h13,20H,4-12H2,1-3H3. The van der Waals surface area contributed by atoms with Gasteiger partial charge in [-0.3, -0.25) is 0 Å². The van der Waals surface area contributed by atoms with Crippen LogP contribution in [0, 0.1) is 5.92 Å². The number of rotatable bonds is 6. The summed E-state index contributed by atoms with van der Waals surface area (Å²) < 4.78 is 41.3. The number of hydrogen-bond acceptors (Lipinski definition) is 3. The fraction of sp³-hybridized carbons (Fsp3) is 0.938. The molecule has 0 radical (unpaired) electrons. The first-order valence-corrected chi connectivity index (χ1v) is 8.32. The van der Waals surface area contributed by atoms with E-state index in [9.17, 15) is 18.0 Å². The van der Waals surface area contributed by atoms with E-state index in [1.807, 2.05) is 20.8 Å². The number of nitrogens with zero attached hydrogens (tertiary/aromatic N) is 1. The molecule has 0 spiro atoms. The maximum Gasteiger partial charge on any atom is 0.410 e. The number of alkyl halides is 3. The van der Waals surface area contributed by atoms with E-state index in [0.29, 0.717) is 32.0 Å². The number of hydrogen-bond donors (Lipinski definition) is 1. The zero-order chi connectivity index (χ0) is 17.5. The molecule has 0 aromatic rings. The van der Waals surface area contributed by atoms with E-state index in [0.717, 1.165) is 19.4 Å². The first-order valence-electron chi connectivity index (χ1n) is 8.32. The second-order valence-electron chi connectivity index (χ2n) is 7.19. The fourth-order valence-corrected chi connectivity index (χ4v) is 2.53. The van der Waals surface area contributed by atoms with Crippen LogP contribution in [0.2, 0.25) is 0 Å². The van der Waals surface area contributed by atoms with E-state index in [1.54, 1.807) is 4.90 Å². The normalized spacial score (nSPS) is 17.4. The van der Waals surface area contributed by atoms with Crippen LogP contribution >= 0.6 is 0 Å². The lowest BCUT2D eigenvalue weighted by molar-refractivity contribution is -0.135. The highest BCUT2D eigenvalue weighted by Gasteiger charge is 2.27. The van der Waals surface area contributed by atoms with Gasteiger partial charge in [-0.25, -0.2) is 4.79 Å². The Balaban J connectivity index is 2.09. The second kappa shape index (κ2) is 8.76. The minimum atomic E-state index is -4.05. The van der Waals surface area contributed by atoms with Crippen molar-refractivity contribution in [3.05, 3.63) is 0 Å². The van der Waals surface area contributed by atoms with Gasteiger partial charge in [0.2, 0.25) is 0 Å². The molecule has 1 heterocycles. The van der Waals surface area contributed by atoms with Crippen molar-refractivity contribution in [2.75, 3.05) is 26.2 Å². The van der Waals surface area contributed by atoms with Gasteiger partial charge in [-0.1, -0.05) is 0 Å². The zero-order valence-electron chi connectivity index (χ0n) is 14.3. The summed E-state index contributed by atoms with van der Waals surface area (Å²) in [5, 5.41) is 3.22. The summed E-state index contributed by atoms with van der Waals surface area (Å²) in [6.07, 6.45) is -2.51. The number of nitrogens with one attached hydrogen (secondary N) is 1. The molecule has 1 fully saturated rings. The third kappa shape index (κ3) is 9.69. The monoisotopic (exact) mass is 338 g/mol. The molecule has 23 heavy (non-hydrogen) atoms. The smallest absolute Gasteiger partial charge is 0.410 e. The number of carbonyl (C=O) groups is 1. The number of unbranched alkanes of at least 4 members (excludes halogenated alkanes) is 1. The molecule has 136 valence electrons. The second-order valence-corrected chi connectivity index (χ2v) is 7.19. The number of ether oxygens (including phenoxy) is 1. The Morgan fingerprint density at radius 1 is 1.17 bits per heavy atom. The molecule has 7 heteroatoms. The highest BCUT2D eigenvalue weighted by atomic mass is 19.4. The molecule has 1 aliphatic rings. The third-order valence-electron chi connectivity index (χ3n) is 3.76. The molecule has 4 nitrogen and oxygen atoms in total. The largest absolute Gasteiger partial charge is 0.444 e. The average Bonchev–Trinajstić information content (AvgIpc) is 2.40. The number of halogens is 3. The Morgan fingerprint density at radius 2 is 1.78 bits per heavy atom. The fourth-order valence-electron chi connectivity index (χ4n) is 2.53. The minimum absolute atomic E-state index is 0.174. The third-order valence-corrected chi connectivity index (χ3v) is 3.76. The van der Waals surface area contributed by atoms with Gasteiger partial charge >= 0.3 is 12.3 Å². The Kier molecular flexibility index (Phi) is 7.64. The van der Waals surface area contributed by atoms with Crippen LogP contribution in [-0.2, 0) is 4.74 Å². The van der Waals surface area contributed by atoms with Gasteiger partial charge in [0.25, 0.3) is 0 Å². The average molecular weight is 338 g/mol. The lowest BCUT2D eigenvalue weighted by Crippen LogP contribution is -2.43. The Bertz CT molecular complexity index is 359. The maximum absolute atomic E-state index is 12.0. The van der Waals surface area contributed by atoms with Crippen molar-refractivity contribution in [1.82, 2.24) is 10.2 Å². The lowest BCUT2D eigenvalue weighted by Gasteiger charge is -2.33. The van der Waals surface area contributed by atoms with Crippen molar-refractivity contribution < 1.29 is 22.7 Å². The molecular weight excluding hydrogens is 309 g/mol. The van der Waals surface area contributed by atoms with E-state index in [2.05, 4.69) is 5.32 Å². The molecule has 1 aliphatic heterocycles. The van der Waals surface area contributed by atoms with Crippen molar-refractivity contribution in [3.63, 3.8) is 0 Å². The highest BCUT2D eigenvalue weighted by Crippen LogP contribution is 2.22. The van der Waals surface area contributed by atoms with Gasteiger partial charge in [0, 0.05) is 19.5 Å². The van der Waals surface area contributed by atoms with Crippen molar-refractivity contribution in [2.24, 2.45) is 5.92 Å². The Morgan fingerprint density at radius 3 is 2.30 bits per heavy atom. The van der Waals surface area contributed by atoms with E-state index in [1.165, 1.54) is 0 Å². The topological polar surface area (TPSA) is 41.6 Å². The van der Waals surface area contributed by atoms with Crippen LogP contribution in [0.3, 0.4) is 0 Å². The summed E-state index contributed by atoms with van der Waals surface area (Å²) in [6.45, 7) is 8.31. The number of amides is 1. The van der Waals surface area contributed by atoms with Crippen LogP contribution in [-0.4, -0.2) is 48.9 Å². The van der Waals surface area contributed by atoms with E-state index in [4.69, 9.17) is 4.74 Å². The van der Waals surface area contributed by atoms with Gasteiger partial charge in [0.15, 0.2) is 0 Å². The first-order chi connectivity index (χ1) is 10.6. The van der Waals surface area contributed by atoms with E-state index < -0.39 is 18.2 Å². The molecule has 1 amide bonds. The predicted octanol–water partition coefficient (Wildman–Crippen LogP) is 3.96. The van der Waals surface area contributed by atoms with Gasteiger partial charge in [-0.2, -0.15) is 13.2 Å².